The van der Waals surface area contributed by atoms with Crippen LogP contribution in [0, 0.1) is 0 Å². The molecule has 1 unspecified atom stereocenters. The molecule has 0 saturated carbocycles. The van der Waals surface area contributed by atoms with Gasteiger partial charge in [-0.3, -0.25) is 0 Å². The molecule has 0 aromatic heterocycles. The molecule has 104 valence electrons. The third kappa shape index (κ3) is 2.69. The summed E-state index contributed by atoms with van der Waals surface area (Å²) in [7, 11) is 0. The molecule has 0 fully saturated rings. The van der Waals surface area contributed by atoms with Crippen LogP contribution >= 0.6 is 11.6 Å². The summed E-state index contributed by atoms with van der Waals surface area (Å²) < 4.78 is 0. The van der Waals surface area contributed by atoms with Crippen molar-refractivity contribution in [2.24, 2.45) is 0 Å². The molecule has 20 heavy (non-hydrogen) atoms. The summed E-state index contributed by atoms with van der Waals surface area (Å²) in [6.07, 6.45) is 4.57. The van der Waals surface area contributed by atoms with Crippen LogP contribution in [0.25, 0.3) is 0 Å². The summed E-state index contributed by atoms with van der Waals surface area (Å²) in [6.45, 7) is 2.23. The van der Waals surface area contributed by atoms with Crippen LogP contribution in [0.15, 0.2) is 42.5 Å². The third-order valence-corrected chi connectivity index (χ3v) is 4.28. The Balaban J connectivity index is 1.84. The van der Waals surface area contributed by atoms with E-state index in [-0.39, 0.29) is 0 Å². The van der Waals surface area contributed by atoms with Crippen LogP contribution in [0.2, 0.25) is 5.02 Å². The van der Waals surface area contributed by atoms with Crippen LogP contribution < -0.4 is 5.32 Å². The van der Waals surface area contributed by atoms with Crippen molar-refractivity contribution < 1.29 is 0 Å². The molecule has 3 rings (SSSR count). The fourth-order valence-corrected chi connectivity index (χ4v) is 3.27. The Kier molecular flexibility index (Phi) is 3.98. The van der Waals surface area contributed by atoms with E-state index in [0.717, 1.165) is 24.3 Å². The highest BCUT2D eigenvalue weighted by Gasteiger charge is 2.22. The molecule has 2 aromatic rings. The standard InChI is InChI=1S/C18H20ClN/c1-2-5-13-6-3-4-7-17(13)20-18-11-8-14-12-15(19)9-10-16(14)18/h3-4,6-7,9-10,12,18,20H,2,5,8,11H2,1H3. The van der Waals surface area contributed by atoms with Crippen molar-refractivity contribution in [1.29, 1.82) is 0 Å². The molecular formula is C18H20ClN. The smallest absolute Gasteiger partial charge is 0.0519 e. The van der Waals surface area contributed by atoms with E-state index < -0.39 is 0 Å². The Labute approximate surface area is 126 Å². The fourth-order valence-electron chi connectivity index (χ4n) is 3.07. The van der Waals surface area contributed by atoms with Crippen molar-refractivity contribution in [3.05, 3.63) is 64.2 Å². The Morgan fingerprint density at radius 3 is 2.90 bits per heavy atom. The molecule has 1 nitrogen and oxygen atoms in total. The lowest BCUT2D eigenvalue weighted by Gasteiger charge is -2.18. The van der Waals surface area contributed by atoms with E-state index in [2.05, 4.69) is 48.6 Å². The van der Waals surface area contributed by atoms with Crippen molar-refractivity contribution in [3.63, 3.8) is 0 Å². The van der Waals surface area contributed by atoms with Crippen molar-refractivity contribution in [2.45, 2.75) is 38.6 Å². The van der Waals surface area contributed by atoms with Gasteiger partial charge in [-0.05, 0) is 54.2 Å². The van der Waals surface area contributed by atoms with Gasteiger partial charge in [0.1, 0.15) is 0 Å². The van der Waals surface area contributed by atoms with E-state index in [1.54, 1.807) is 0 Å². The van der Waals surface area contributed by atoms with Gasteiger partial charge < -0.3 is 5.32 Å². The lowest BCUT2D eigenvalue weighted by Crippen LogP contribution is -2.08. The molecule has 0 spiro atoms. The minimum absolute atomic E-state index is 0.417. The quantitative estimate of drug-likeness (QED) is 0.794. The second-order valence-electron chi connectivity index (χ2n) is 5.49. The normalized spacial score (nSPS) is 17.0. The predicted molar refractivity (Wildman–Crippen MR) is 86.6 cm³/mol. The summed E-state index contributed by atoms with van der Waals surface area (Å²) in [4.78, 5) is 0. The SMILES string of the molecule is CCCc1ccccc1NC1CCc2cc(Cl)ccc21. The van der Waals surface area contributed by atoms with Gasteiger partial charge in [0, 0.05) is 10.7 Å². The highest BCUT2D eigenvalue weighted by Crippen LogP contribution is 2.36. The minimum Gasteiger partial charge on any atom is -0.378 e. The number of benzene rings is 2. The summed E-state index contributed by atoms with van der Waals surface area (Å²) in [5.41, 5.74) is 5.49. The second kappa shape index (κ2) is 5.88. The van der Waals surface area contributed by atoms with Gasteiger partial charge >= 0.3 is 0 Å². The second-order valence-corrected chi connectivity index (χ2v) is 5.92. The Morgan fingerprint density at radius 2 is 2.05 bits per heavy atom. The van der Waals surface area contributed by atoms with E-state index in [0.29, 0.717) is 6.04 Å². The number of hydrogen-bond donors (Lipinski definition) is 1. The minimum atomic E-state index is 0.417. The van der Waals surface area contributed by atoms with Gasteiger partial charge in [-0.2, -0.15) is 0 Å². The number of anilines is 1. The number of rotatable bonds is 4. The number of aryl methyl sites for hydroxylation is 2. The molecule has 0 radical (unpaired) electrons. The maximum Gasteiger partial charge on any atom is 0.0519 e. The van der Waals surface area contributed by atoms with Crippen LogP contribution in [0.5, 0.6) is 0 Å². The van der Waals surface area contributed by atoms with Crippen LogP contribution in [0.3, 0.4) is 0 Å². The fraction of sp³-hybridized carbons (Fsp3) is 0.333. The molecule has 1 aliphatic rings. The first-order valence-corrected chi connectivity index (χ1v) is 7.78. The zero-order valence-corrected chi connectivity index (χ0v) is 12.6. The Hall–Kier alpha value is -1.47. The third-order valence-electron chi connectivity index (χ3n) is 4.05. The number of nitrogens with one attached hydrogen (secondary N) is 1. The van der Waals surface area contributed by atoms with E-state index in [9.17, 15) is 0 Å². The first kappa shape index (κ1) is 13.5. The Bertz CT molecular complexity index is 606. The van der Waals surface area contributed by atoms with E-state index >= 15 is 0 Å². The van der Waals surface area contributed by atoms with Crippen molar-refractivity contribution in [3.8, 4) is 0 Å². The lowest BCUT2D eigenvalue weighted by molar-refractivity contribution is 0.758. The molecular weight excluding hydrogens is 266 g/mol. The first-order chi connectivity index (χ1) is 9.78. The summed E-state index contributed by atoms with van der Waals surface area (Å²) in [6, 6.07) is 15.3. The lowest BCUT2D eigenvalue weighted by atomic mass is 10.0. The molecule has 0 amide bonds. The average molecular weight is 286 g/mol. The maximum absolute atomic E-state index is 6.08. The van der Waals surface area contributed by atoms with E-state index in [1.165, 1.54) is 28.8 Å². The summed E-state index contributed by atoms with van der Waals surface area (Å²) in [5.74, 6) is 0. The molecule has 0 heterocycles. The van der Waals surface area contributed by atoms with Gasteiger partial charge in [-0.25, -0.2) is 0 Å². The largest absolute Gasteiger partial charge is 0.378 e. The highest BCUT2D eigenvalue weighted by molar-refractivity contribution is 6.30. The van der Waals surface area contributed by atoms with Crippen molar-refractivity contribution >= 4 is 17.3 Å². The van der Waals surface area contributed by atoms with Crippen molar-refractivity contribution in [2.75, 3.05) is 5.32 Å². The predicted octanol–water partition coefficient (Wildman–Crippen LogP) is 5.39. The molecule has 1 N–H and O–H groups in total. The van der Waals surface area contributed by atoms with Crippen LogP contribution in [-0.2, 0) is 12.8 Å². The molecule has 0 bridgehead atoms. The van der Waals surface area contributed by atoms with Gasteiger partial charge in [-0.15, -0.1) is 0 Å². The number of para-hydroxylation sites is 1. The van der Waals surface area contributed by atoms with Crippen LogP contribution in [-0.4, -0.2) is 0 Å². The number of halogens is 1. The topological polar surface area (TPSA) is 12.0 Å². The molecule has 1 atom stereocenters. The van der Waals surface area contributed by atoms with Gasteiger partial charge in [0.2, 0.25) is 0 Å². The number of fused-ring (bicyclic) bond motifs is 1. The van der Waals surface area contributed by atoms with Gasteiger partial charge in [0.05, 0.1) is 6.04 Å². The highest BCUT2D eigenvalue weighted by atomic mass is 35.5. The van der Waals surface area contributed by atoms with E-state index in [1.807, 2.05) is 6.07 Å². The summed E-state index contributed by atoms with van der Waals surface area (Å²) in [5, 5.41) is 4.57. The monoisotopic (exact) mass is 285 g/mol. The molecule has 0 aliphatic heterocycles. The Morgan fingerprint density at radius 1 is 1.20 bits per heavy atom. The van der Waals surface area contributed by atoms with Crippen molar-refractivity contribution in [1.82, 2.24) is 0 Å². The van der Waals surface area contributed by atoms with Crippen LogP contribution in [0.4, 0.5) is 5.69 Å². The first-order valence-electron chi connectivity index (χ1n) is 7.40. The van der Waals surface area contributed by atoms with Gasteiger partial charge in [-0.1, -0.05) is 49.2 Å². The molecule has 1 aliphatic carbocycles. The van der Waals surface area contributed by atoms with Gasteiger partial charge in [0.15, 0.2) is 0 Å². The number of hydrogen-bond acceptors (Lipinski definition) is 1. The molecule has 2 heteroatoms. The maximum atomic E-state index is 6.08. The zero-order chi connectivity index (χ0) is 13.9. The van der Waals surface area contributed by atoms with Crippen LogP contribution in [0.1, 0.15) is 42.5 Å². The molecule has 0 saturated heterocycles. The van der Waals surface area contributed by atoms with E-state index in [4.69, 9.17) is 11.6 Å². The summed E-state index contributed by atoms with van der Waals surface area (Å²) >= 11 is 6.08. The average Bonchev–Trinajstić information content (AvgIpc) is 2.83. The molecule has 2 aromatic carbocycles. The zero-order valence-electron chi connectivity index (χ0n) is 11.8. The van der Waals surface area contributed by atoms with Gasteiger partial charge in [0.25, 0.3) is 0 Å².